The minimum absolute atomic E-state index is 0.0322. The van der Waals surface area contributed by atoms with E-state index in [4.69, 9.17) is 5.11 Å². The van der Waals surface area contributed by atoms with E-state index in [2.05, 4.69) is 5.32 Å². The van der Waals surface area contributed by atoms with Crippen molar-refractivity contribution in [3.05, 3.63) is 35.4 Å². The molecule has 0 atom stereocenters. The fourth-order valence-electron chi connectivity index (χ4n) is 2.71. The van der Waals surface area contributed by atoms with E-state index in [0.29, 0.717) is 0 Å². The molecule has 0 heterocycles. The van der Waals surface area contributed by atoms with Gasteiger partial charge < -0.3 is 10.4 Å². The summed E-state index contributed by atoms with van der Waals surface area (Å²) >= 11 is 0. The normalized spacial score (nSPS) is 16.5. The van der Waals surface area contributed by atoms with Crippen LogP contribution in [0.2, 0.25) is 0 Å². The first-order chi connectivity index (χ1) is 9.06. The fourth-order valence-corrected chi connectivity index (χ4v) is 2.71. The summed E-state index contributed by atoms with van der Waals surface area (Å²) in [5, 5.41) is 11.4. The summed E-state index contributed by atoms with van der Waals surface area (Å²) in [4.78, 5) is 22.9. The van der Waals surface area contributed by atoms with Crippen molar-refractivity contribution in [3.8, 4) is 0 Å². The molecule has 1 amide bonds. The number of aliphatic carboxylic acids is 1. The maximum absolute atomic E-state index is 12.4. The van der Waals surface area contributed by atoms with Crippen molar-refractivity contribution in [2.75, 3.05) is 6.54 Å². The highest BCUT2D eigenvalue weighted by molar-refractivity contribution is 5.89. The number of nitrogens with one attached hydrogen (secondary N) is 1. The van der Waals surface area contributed by atoms with Crippen LogP contribution in [0.3, 0.4) is 0 Å². The summed E-state index contributed by atoms with van der Waals surface area (Å²) in [6.07, 6.45) is 2.70. The van der Waals surface area contributed by atoms with Gasteiger partial charge in [0.1, 0.15) is 0 Å². The molecule has 0 bridgehead atoms. The molecule has 1 aliphatic carbocycles. The van der Waals surface area contributed by atoms with E-state index in [1.807, 2.05) is 31.2 Å². The van der Waals surface area contributed by atoms with Gasteiger partial charge in [0.15, 0.2) is 0 Å². The Morgan fingerprint density at radius 3 is 2.53 bits per heavy atom. The summed E-state index contributed by atoms with van der Waals surface area (Å²) in [5.74, 6) is -0.923. The maximum Gasteiger partial charge on any atom is 0.305 e. The van der Waals surface area contributed by atoms with E-state index >= 15 is 0 Å². The quantitative estimate of drug-likeness (QED) is 0.852. The van der Waals surface area contributed by atoms with Crippen LogP contribution in [0.15, 0.2) is 24.3 Å². The van der Waals surface area contributed by atoms with Crippen LogP contribution in [0.5, 0.6) is 0 Å². The van der Waals surface area contributed by atoms with Gasteiger partial charge in [-0.1, -0.05) is 30.7 Å². The van der Waals surface area contributed by atoms with Gasteiger partial charge in [-0.2, -0.15) is 0 Å². The van der Waals surface area contributed by atoms with Gasteiger partial charge in [0.25, 0.3) is 0 Å². The van der Waals surface area contributed by atoms with Gasteiger partial charge in [0, 0.05) is 6.54 Å². The van der Waals surface area contributed by atoms with E-state index < -0.39 is 11.4 Å². The number of benzene rings is 1. The standard InChI is InChI=1S/C15H19NO3/c1-11-5-2-3-6-12(11)15(8-4-9-15)14(19)16-10-7-13(17)18/h2-3,5-6H,4,7-10H2,1H3,(H,16,19)(H,17,18). The lowest BCUT2D eigenvalue weighted by Crippen LogP contribution is -2.50. The van der Waals surface area contributed by atoms with Gasteiger partial charge in [0.2, 0.25) is 5.91 Å². The van der Waals surface area contributed by atoms with Crippen LogP contribution in [0.25, 0.3) is 0 Å². The smallest absolute Gasteiger partial charge is 0.305 e. The van der Waals surface area contributed by atoms with Crippen LogP contribution in [-0.2, 0) is 15.0 Å². The molecule has 0 unspecified atom stereocenters. The summed E-state index contributed by atoms with van der Waals surface area (Å²) in [5.41, 5.74) is 1.76. The van der Waals surface area contributed by atoms with Crippen molar-refractivity contribution in [1.82, 2.24) is 5.32 Å². The summed E-state index contributed by atoms with van der Waals surface area (Å²) in [7, 11) is 0. The molecule has 2 N–H and O–H groups in total. The predicted molar refractivity (Wildman–Crippen MR) is 72.0 cm³/mol. The molecule has 4 heteroatoms. The second-order valence-electron chi connectivity index (χ2n) is 5.15. The molecule has 102 valence electrons. The third-order valence-electron chi connectivity index (χ3n) is 3.93. The number of hydrogen-bond donors (Lipinski definition) is 2. The van der Waals surface area contributed by atoms with Crippen LogP contribution in [0.1, 0.15) is 36.8 Å². The molecule has 4 nitrogen and oxygen atoms in total. The number of aryl methyl sites for hydroxylation is 1. The Morgan fingerprint density at radius 2 is 2.00 bits per heavy atom. The number of carboxylic acids is 1. The molecule has 0 saturated heterocycles. The van der Waals surface area contributed by atoms with Crippen LogP contribution in [0.4, 0.5) is 0 Å². The van der Waals surface area contributed by atoms with Crippen molar-refractivity contribution in [1.29, 1.82) is 0 Å². The third-order valence-corrected chi connectivity index (χ3v) is 3.93. The lowest BCUT2D eigenvalue weighted by molar-refractivity contribution is -0.137. The molecular weight excluding hydrogens is 242 g/mol. The Hall–Kier alpha value is -1.84. The number of carboxylic acid groups (broad SMARTS) is 1. The van der Waals surface area contributed by atoms with Gasteiger partial charge >= 0.3 is 5.97 Å². The van der Waals surface area contributed by atoms with E-state index in [1.54, 1.807) is 0 Å². The lowest BCUT2D eigenvalue weighted by Gasteiger charge is -2.41. The summed E-state index contributed by atoms with van der Waals surface area (Å²) in [6, 6.07) is 7.94. The van der Waals surface area contributed by atoms with Gasteiger partial charge in [-0.05, 0) is 30.9 Å². The van der Waals surface area contributed by atoms with Crippen LogP contribution < -0.4 is 5.32 Å². The molecule has 1 aromatic carbocycles. The Bertz CT molecular complexity index is 492. The van der Waals surface area contributed by atoms with E-state index in [1.165, 1.54) is 0 Å². The van der Waals surface area contributed by atoms with E-state index in [-0.39, 0.29) is 18.9 Å². The Kier molecular flexibility index (Phi) is 3.88. The number of rotatable bonds is 5. The van der Waals surface area contributed by atoms with Gasteiger partial charge in [-0.15, -0.1) is 0 Å². The molecule has 2 rings (SSSR count). The molecule has 19 heavy (non-hydrogen) atoms. The topological polar surface area (TPSA) is 66.4 Å². The molecule has 0 spiro atoms. The highest BCUT2D eigenvalue weighted by atomic mass is 16.4. The lowest BCUT2D eigenvalue weighted by atomic mass is 9.63. The number of carbonyl (C=O) groups excluding carboxylic acids is 1. The average Bonchev–Trinajstić information content (AvgIpc) is 2.29. The molecule has 1 fully saturated rings. The maximum atomic E-state index is 12.4. The molecule has 1 aromatic rings. The van der Waals surface area contributed by atoms with Gasteiger partial charge in [-0.3, -0.25) is 9.59 Å². The summed E-state index contributed by atoms with van der Waals surface area (Å²) in [6.45, 7) is 2.21. The number of carbonyl (C=O) groups is 2. The van der Waals surface area contributed by atoms with Gasteiger partial charge in [-0.25, -0.2) is 0 Å². The van der Waals surface area contributed by atoms with Crippen LogP contribution in [-0.4, -0.2) is 23.5 Å². The van der Waals surface area contributed by atoms with Crippen molar-refractivity contribution in [3.63, 3.8) is 0 Å². The SMILES string of the molecule is Cc1ccccc1C1(C(=O)NCCC(=O)O)CCC1. The Balaban J connectivity index is 2.12. The largest absolute Gasteiger partial charge is 0.481 e. The van der Waals surface area contributed by atoms with E-state index in [0.717, 1.165) is 30.4 Å². The molecular formula is C15H19NO3. The molecule has 0 aromatic heterocycles. The number of hydrogen-bond acceptors (Lipinski definition) is 2. The molecule has 0 radical (unpaired) electrons. The van der Waals surface area contributed by atoms with Crippen LogP contribution in [0, 0.1) is 6.92 Å². The third kappa shape index (κ3) is 2.62. The minimum atomic E-state index is -0.890. The first-order valence-electron chi connectivity index (χ1n) is 6.62. The zero-order valence-corrected chi connectivity index (χ0v) is 11.1. The van der Waals surface area contributed by atoms with Crippen molar-refractivity contribution in [2.24, 2.45) is 0 Å². The Morgan fingerprint density at radius 1 is 1.32 bits per heavy atom. The first-order valence-corrected chi connectivity index (χ1v) is 6.62. The molecule has 1 saturated carbocycles. The highest BCUT2D eigenvalue weighted by Gasteiger charge is 2.46. The van der Waals surface area contributed by atoms with Crippen molar-refractivity contribution < 1.29 is 14.7 Å². The fraction of sp³-hybridized carbons (Fsp3) is 0.467. The van der Waals surface area contributed by atoms with Crippen molar-refractivity contribution in [2.45, 2.75) is 38.0 Å². The number of amides is 1. The second kappa shape index (κ2) is 5.43. The van der Waals surface area contributed by atoms with Crippen LogP contribution >= 0.6 is 0 Å². The van der Waals surface area contributed by atoms with E-state index in [9.17, 15) is 9.59 Å². The predicted octanol–water partition coefficient (Wildman–Crippen LogP) is 2.01. The minimum Gasteiger partial charge on any atom is -0.481 e. The molecule has 1 aliphatic rings. The second-order valence-corrected chi connectivity index (χ2v) is 5.15. The van der Waals surface area contributed by atoms with Crippen molar-refractivity contribution >= 4 is 11.9 Å². The Labute approximate surface area is 112 Å². The zero-order valence-electron chi connectivity index (χ0n) is 11.1. The highest BCUT2D eigenvalue weighted by Crippen LogP contribution is 2.45. The first kappa shape index (κ1) is 13.6. The zero-order chi connectivity index (χ0) is 13.9. The molecule has 0 aliphatic heterocycles. The van der Waals surface area contributed by atoms with Gasteiger partial charge in [0.05, 0.1) is 11.8 Å². The monoisotopic (exact) mass is 261 g/mol. The summed E-state index contributed by atoms with van der Waals surface area (Å²) < 4.78 is 0. The average molecular weight is 261 g/mol.